The first-order valence-corrected chi connectivity index (χ1v) is 9.11. The molecule has 2 aliphatic heterocycles. The number of ether oxygens (including phenoxy) is 1. The third-order valence-corrected chi connectivity index (χ3v) is 7.58. The summed E-state index contributed by atoms with van der Waals surface area (Å²) in [5.74, 6) is 0.267. The second-order valence-electron chi connectivity index (χ2n) is 7.25. The molecule has 0 spiro atoms. The molecule has 0 bridgehead atoms. The Labute approximate surface area is 135 Å². The summed E-state index contributed by atoms with van der Waals surface area (Å²) in [6.45, 7) is 5.28. The molecule has 1 aliphatic carbocycles. The Hall–Kier alpha value is -1.67. The minimum Gasteiger partial charge on any atom is -0.480 e. The van der Waals surface area contributed by atoms with Crippen LogP contribution in [-0.4, -0.2) is 43.3 Å². The second-order valence-corrected chi connectivity index (χ2v) is 9.19. The summed E-state index contributed by atoms with van der Waals surface area (Å²) in [6.07, 6.45) is 3.41. The van der Waals surface area contributed by atoms with E-state index in [1.165, 1.54) is 12.3 Å². The zero-order valence-electron chi connectivity index (χ0n) is 13.1. The van der Waals surface area contributed by atoms with E-state index in [-0.39, 0.29) is 34.1 Å². The van der Waals surface area contributed by atoms with Gasteiger partial charge in [0.2, 0.25) is 10.0 Å². The van der Waals surface area contributed by atoms with Crippen LogP contribution in [0.4, 0.5) is 5.82 Å². The molecule has 0 radical (unpaired) electrons. The molecule has 3 aliphatic rings. The van der Waals surface area contributed by atoms with Gasteiger partial charge in [-0.1, -0.05) is 13.8 Å². The molecule has 1 aromatic heterocycles. The summed E-state index contributed by atoms with van der Waals surface area (Å²) >= 11 is 0. The summed E-state index contributed by atoms with van der Waals surface area (Å²) in [4.78, 5) is 15.4. The Morgan fingerprint density at radius 3 is 2.52 bits per heavy atom. The van der Waals surface area contributed by atoms with Crippen LogP contribution in [0.1, 0.15) is 26.7 Å². The number of hydrogen-bond acceptors (Lipinski definition) is 5. The Bertz CT molecular complexity index is 791. The molecule has 0 aromatic carbocycles. The number of amides is 1. The summed E-state index contributed by atoms with van der Waals surface area (Å²) in [6, 6.07) is 1.45. The third kappa shape index (κ3) is 2.01. The number of anilines is 1. The van der Waals surface area contributed by atoms with Crippen LogP contribution in [0, 0.1) is 10.8 Å². The number of rotatable bonds is 2. The molecule has 0 unspecified atom stereocenters. The molecule has 1 N–H and O–H groups in total. The summed E-state index contributed by atoms with van der Waals surface area (Å²) in [7, 11) is -3.61. The zero-order chi connectivity index (χ0) is 16.5. The molecule has 7 nitrogen and oxygen atoms in total. The van der Waals surface area contributed by atoms with E-state index < -0.39 is 10.0 Å². The highest BCUT2D eigenvalue weighted by atomic mass is 32.2. The smallest absolute Gasteiger partial charge is 0.263 e. The van der Waals surface area contributed by atoms with Crippen molar-refractivity contribution in [3.05, 3.63) is 12.3 Å². The number of nitrogens with one attached hydrogen (secondary N) is 1. The Morgan fingerprint density at radius 2 is 1.91 bits per heavy atom. The topological polar surface area (TPSA) is 88.6 Å². The lowest BCUT2D eigenvalue weighted by molar-refractivity contribution is -0.118. The van der Waals surface area contributed by atoms with Gasteiger partial charge >= 0.3 is 0 Å². The minimum absolute atomic E-state index is 0.0617. The molecule has 2 atom stereocenters. The average molecular weight is 337 g/mol. The van der Waals surface area contributed by atoms with Crippen molar-refractivity contribution in [3.8, 4) is 5.75 Å². The van der Waals surface area contributed by atoms with Crippen LogP contribution in [0.15, 0.2) is 17.2 Å². The Kier molecular flexibility index (Phi) is 2.88. The van der Waals surface area contributed by atoms with E-state index in [4.69, 9.17) is 4.74 Å². The number of nitrogens with zero attached hydrogens (tertiary/aromatic N) is 2. The number of pyridine rings is 1. The maximum Gasteiger partial charge on any atom is 0.263 e. The van der Waals surface area contributed by atoms with Crippen LogP contribution in [0.5, 0.6) is 5.75 Å². The number of carbonyl (C=O) groups excluding carboxylic acids is 1. The molecule has 2 fully saturated rings. The molecule has 1 saturated carbocycles. The lowest BCUT2D eigenvalue weighted by Gasteiger charge is -2.50. The molecule has 8 heteroatoms. The largest absolute Gasteiger partial charge is 0.480 e. The van der Waals surface area contributed by atoms with Crippen LogP contribution < -0.4 is 10.1 Å². The monoisotopic (exact) mass is 337 g/mol. The van der Waals surface area contributed by atoms with E-state index in [1.54, 1.807) is 4.31 Å². The number of sulfonamides is 1. The van der Waals surface area contributed by atoms with Crippen LogP contribution in [0.3, 0.4) is 0 Å². The van der Waals surface area contributed by atoms with Crippen molar-refractivity contribution in [2.45, 2.75) is 31.6 Å². The zero-order valence-corrected chi connectivity index (χ0v) is 13.9. The minimum atomic E-state index is -3.61. The normalized spacial score (nSPS) is 33.2. The highest BCUT2D eigenvalue weighted by Gasteiger charge is 2.60. The van der Waals surface area contributed by atoms with E-state index in [1.807, 2.05) is 0 Å². The first-order valence-electron chi connectivity index (χ1n) is 7.67. The Balaban J connectivity index is 1.66. The molecular formula is C15H19N3O4S. The molecule has 3 heterocycles. The van der Waals surface area contributed by atoms with Crippen LogP contribution >= 0.6 is 0 Å². The summed E-state index contributed by atoms with van der Waals surface area (Å²) in [5.41, 5.74) is 0.123. The van der Waals surface area contributed by atoms with Crippen molar-refractivity contribution < 1.29 is 17.9 Å². The SMILES string of the molecule is C[C@@]12CC[C@]1(C)CN(S(=O)(=O)c1cnc3c(c1)OCC(=O)N3)C2. The van der Waals surface area contributed by atoms with E-state index in [0.29, 0.717) is 18.8 Å². The maximum atomic E-state index is 12.9. The quantitative estimate of drug-likeness (QED) is 0.877. The van der Waals surface area contributed by atoms with Crippen molar-refractivity contribution >= 4 is 21.7 Å². The highest BCUT2D eigenvalue weighted by Crippen LogP contribution is 2.61. The van der Waals surface area contributed by atoms with E-state index in [0.717, 1.165) is 12.8 Å². The average Bonchev–Trinajstić information content (AvgIpc) is 2.69. The number of hydrogen-bond donors (Lipinski definition) is 1. The predicted molar refractivity (Wildman–Crippen MR) is 82.6 cm³/mol. The van der Waals surface area contributed by atoms with Crippen LogP contribution in [-0.2, 0) is 14.8 Å². The fraction of sp³-hybridized carbons (Fsp3) is 0.600. The molecule has 1 aromatic rings. The van der Waals surface area contributed by atoms with Gasteiger partial charge in [-0.05, 0) is 23.7 Å². The van der Waals surface area contributed by atoms with Gasteiger partial charge < -0.3 is 10.1 Å². The maximum absolute atomic E-state index is 12.9. The summed E-state index contributed by atoms with van der Waals surface area (Å²) < 4.78 is 32.7. The predicted octanol–water partition coefficient (Wildman–Crippen LogP) is 1.22. The first-order chi connectivity index (χ1) is 10.7. The molecule has 23 heavy (non-hydrogen) atoms. The van der Waals surface area contributed by atoms with E-state index >= 15 is 0 Å². The van der Waals surface area contributed by atoms with Crippen molar-refractivity contribution in [2.24, 2.45) is 10.8 Å². The van der Waals surface area contributed by atoms with Gasteiger partial charge in [0.1, 0.15) is 4.90 Å². The molecule has 1 saturated heterocycles. The highest BCUT2D eigenvalue weighted by molar-refractivity contribution is 7.89. The van der Waals surface area contributed by atoms with Gasteiger partial charge in [0.25, 0.3) is 5.91 Å². The van der Waals surface area contributed by atoms with Gasteiger partial charge in [0.15, 0.2) is 18.2 Å². The van der Waals surface area contributed by atoms with Crippen molar-refractivity contribution in [1.29, 1.82) is 0 Å². The van der Waals surface area contributed by atoms with Crippen molar-refractivity contribution in [1.82, 2.24) is 9.29 Å². The number of aromatic nitrogens is 1. The van der Waals surface area contributed by atoms with E-state index in [2.05, 4.69) is 24.1 Å². The standard InChI is InChI=1S/C15H19N3O4S/c1-14-3-4-15(14,2)9-18(8-14)23(20,21)10-5-11-13(16-6-10)17-12(19)7-22-11/h5-6H,3-4,7-9H2,1-2H3,(H,16,17,19)/t14-,15+. The van der Waals surface area contributed by atoms with Gasteiger partial charge in [-0.15, -0.1) is 0 Å². The number of fused-ring (bicyclic) bond motifs is 2. The summed E-state index contributed by atoms with van der Waals surface area (Å²) in [5, 5.41) is 2.56. The molecular weight excluding hydrogens is 318 g/mol. The van der Waals surface area contributed by atoms with Gasteiger partial charge in [0, 0.05) is 25.4 Å². The number of carbonyl (C=O) groups is 1. The Morgan fingerprint density at radius 1 is 1.26 bits per heavy atom. The van der Waals surface area contributed by atoms with Crippen LogP contribution in [0.25, 0.3) is 0 Å². The second kappa shape index (κ2) is 4.45. The van der Waals surface area contributed by atoms with Gasteiger partial charge in [-0.25, -0.2) is 13.4 Å². The molecule has 124 valence electrons. The lowest BCUT2D eigenvalue weighted by atomic mass is 9.53. The van der Waals surface area contributed by atoms with Gasteiger partial charge in [-0.3, -0.25) is 4.79 Å². The van der Waals surface area contributed by atoms with Crippen molar-refractivity contribution in [2.75, 3.05) is 25.0 Å². The van der Waals surface area contributed by atoms with Gasteiger partial charge in [-0.2, -0.15) is 4.31 Å². The lowest BCUT2D eigenvalue weighted by Crippen LogP contribution is -2.45. The van der Waals surface area contributed by atoms with E-state index in [9.17, 15) is 13.2 Å². The third-order valence-electron chi connectivity index (χ3n) is 5.82. The van der Waals surface area contributed by atoms with Crippen molar-refractivity contribution in [3.63, 3.8) is 0 Å². The first kappa shape index (κ1) is 14.9. The van der Waals surface area contributed by atoms with Gasteiger partial charge in [0.05, 0.1) is 0 Å². The fourth-order valence-electron chi connectivity index (χ4n) is 3.75. The molecule has 4 rings (SSSR count). The molecule has 1 amide bonds. The van der Waals surface area contributed by atoms with Crippen LogP contribution in [0.2, 0.25) is 0 Å². The fourth-order valence-corrected chi connectivity index (χ4v) is 5.40.